The van der Waals surface area contributed by atoms with Gasteiger partial charge in [-0.05, 0) is 48.0 Å². The van der Waals surface area contributed by atoms with Crippen LogP contribution in [0.4, 0.5) is 0 Å². The van der Waals surface area contributed by atoms with E-state index in [4.69, 9.17) is 31.5 Å². The first-order valence-corrected chi connectivity index (χ1v) is 8.15. The van der Waals surface area contributed by atoms with Gasteiger partial charge >= 0.3 is 0 Å². The number of rotatable bonds is 9. The number of nitrogens with zero attached hydrogens (tertiary/aromatic N) is 1. The van der Waals surface area contributed by atoms with Gasteiger partial charge in [0.25, 0.3) is 11.8 Å². The van der Waals surface area contributed by atoms with E-state index in [9.17, 15) is 9.59 Å². The minimum Gasteiger partial charge on any atom is -0.497 e. The SMILES string of the molecule is COc1ccc(OCC(=O)NN=Cc2ccc(OCC(N)=O)c(Cl)c2)cc1. The lowest BCUT2D eigenvalue weighted by Crippen LogP contribution is -2.24. The Morgan fingerprint density at radius 3 is 2.44 bits per heavy atom. The predicted octanol–water partition coefficient (Wildman–Crippen LogP) is 1.74. The van der Waals surface area contributed by atoms with Crippen LogP contribution in [0.15, 0.2) is 47.6 Å². The molecule has 27 heavy (non-hydrogen) atoms. The second-order valence-electron chi connectivity index (χ2n) is 5.20. The molecule has 2 aromatic carbocycles. The Kier molecular flexibility index (Phi) is 7.45. The summed E-state index contributed by atoms with van der Waals surface area (Å²) in [5.41, 5.74) is 7.98. The topological polar surface area (TPSA) is 112 Å². The fraction of sp³-hybridized carbons (Fsp3) is 0.167. The normalized spacial score (nSPS) is 10.4. The number of ether oxygens (including phenoxy) is 3. The number of benzene rings is 2. The first-order valence-electron chi connectivity index (χ1n) is 7.77. The van der Waals surface area contributed by atoms with Gasteiger partial charge < -0.3 is 19.9 Å². The van der Waals surface area contributed by atoms with Gasteiger partial charge in [-0.3, -0.25) is 9.59 Å². The molecule has 0 radical (unpaired) electrons. The van der Waals surface area contributed by atoms with Crippen molar-refractivity contribution in [2.24, 2.45) is 10.8 Å². The number of hydrogen-bond acceptors (Lipinski definition) is 6. The summed E-state index contributed by atoms with van der Waals surface area (Å²) in [6, 6.07) is 11.6. The van der Waals surface area contributed by atoms with Crippen molar-refractivity contribution in [2.75, 3.05) is 20.3 Å². The summed E-state index contributed by atoms with van der Waals surface area (Å²) >= 11 is 6.04. The summed E-state index contributed by atoms with van der Waals surface area (Å²) in [4.78, 5) is 22.4. The molecule has 0 unspecified atom stereocenters. The summed E-state index contributed by atoms with van der Waals surface area (Å²) in [5.74, 6) is 0.532. The molecule has 0 atom stereocenters. The van der Waals surface area contributed by atoms with Crippen LogP contribution < -0.4 is 25.4 Å². The number of hydrazone groups is 1. The average Bonchev–Trinajstić information content (AvgIpc) is 2.66. The van der Waals surface area contributed by atoms with Gasteiger partial charge in [-0.1, -0.05) is 11.6 Å². The molecule has 0 saturated heterocycles. The van der Waals surface area contributed by atoms with Crippen molar-refractivity contribution in [3.8, 4) is 17.2 Å². The number of methoxy groups -OCH3 is 1. The van der Waals surface area contributed by atoms with E-state index >= 15 is 0 Å². The number of carbonyl (C=O) groups is 2. The summed E-state index contributed by atoms with van der Waals surface area (Å²) in [7, 11) is 1.57. The van der Waals surface area contributed by atoms with Crippen LogP contribution in [0.3, 0.4) is 0 Å². The molecule has 0 saturated carbocycles. The standard InChI is InChI=1S/C18H18ClN3O5/c1-25-13-3-5-14(6-4-13)26-11-18(24)22-21-9-12-2-7-16(15(19)8-12)27-10-17(20)23/h2-9H,10-11H2,1H3,(H2,20,23)(H,22,24). The van der Waals surface area contributed by atoms with Crippen LogP contribution >= 0.6 is 11.6 Å². The minimum absolute atomic E-state index is 0.190. The van der Waals surface area contributed by atoms with E-state index < -0.39 is 11.8 Å². The molecule has 2 aromatic rings. The van der Waals surface area contributed by atoms with Gasteiger partial charge in [-0.25, -0.2) is 5.43 Å². The Hall–Kier alpha value is -3.26. The quantitative estimate of drug-likeness (QED) is 0.499. The van der Waals surface area contributed by atoms with Crippen LogP contribution in [0.5, 0.6) is 17.2 Å². The lowest BCUT2D eigenvalue weighted by Gasteiger charge is -2.07. The summed E-state index contributed by atoms with van der Waals surface area (Å²) in [6.07, 6.45) is 1.41. The lowest BCUT2D eigenvalue weighted by atomic mass is 10.2. The molecule has 0 aliphatic rings. The van der Waals surface area contributed by atoms with Gasteiger partial charge in [0.05, 0.1) is 18.3 Å². The maximum absolute atomic E-state index is 11.7. The van der Waals surface area contributed by atoms with E-state index in [-0.39, 0.29) is 18.2 Å². The molecule has 3 N–H and O–H groups in total. The van der Waals surface area contributed by atoms with Crippen LogP contribution in [-0.2, 0) is 9.59 Å². The first kappa shape index (κ1) is 20.1. The highest BCUT2D eigenvalue weighted by Gasteiger charge is 2.05. The number of nitrogens with two attached hydrogens (primary N) is 1. The van der Waals surface area contributed by atoms with Crippen LogP contribution in [0.2, 0.25) is 5.02 Å². The Bertz CT molecular complexity index is 824. The molecule has 0 aliphatic carbocycles. The van der Waals surface area contributed by atoms with Crippen molar-refractivity contribution < 1.29 is 23.8 Å². The number of amides is 2. The summed E-state index contributed by atoms with van der Waals surface area (Å²) < 4.78 is 15.5. The fourth-order valence-corrected chi connectivity index (χ4v) is 2.14. The number of nitrogens with one attached hydrogen (secondary N) is 1. The number of hydrogen-bond donors (Lipinski definition) is 2. The second-order valence-corrected chi connectivity index (χ2v) is 5.61. The van der Waals surface area contributed by atoms with E-state index in [0.29, 0.717) is 22.8 Å². The molecule has 8 nitrogen and oxygen atoms in total. The molecule has 0 aliphatic heterocycles. The molecule has 9 heteroatoms. The van der Waals surface area contributed by atoms with E-state index in [2.05, 4.69) is 10.5 Å². The van der Waals surface area contributed by atoms with E-state index in [1.807, 2.05) is 0 Å². The van der Waals surface area contributed by atoms with Gasteiger partial charge in [0.15, 0.2) is 13.2 Å². The van der Waals surface area contributed by atoms with Crippen LogP contribution in [0.25, 0.3) is 0 Å². The Morgan fingerprint density at radius 1 is 1.11 bits per heavy atom. The molecule has 0 aromatic heterocycles. The zero-order valence-corrected chi connectivity index (χ0v) is 15.2. The largest absolute Gasteiger partial charge is 0.497 e. The maximum Gasteiger partial charge on any atom is 0.277 e. The maximum atomic E-state index is 11.7. The van der Waals surface area contributed by atoms with Crippen LogP contribution in [-0.4, -0.2) is 38.4 Å². The van der Waals surface area contributed by atoms with Crippen molar-refractivity contribution in [2.45, 2.75) is 0 Å². The monoisotopic (exact) mass is 391 g/mol. The summed E-state index contributed by atoms with van der Waals surface area (Å²) in [6.45, 7) is -0.457. The van der Waals surface area contributed by atoms with Crippen LogP contribution in [0.1, 0.15) is 5.56 Å². The van der Waals surface area contributed by atoms with E-state index in [0.717, 1.165) is 0 Å². The lowest BCUT2D eigenvalue weighted by molar-refractivity contribution is -0.123. The first-order chi connectivity index (χ1) is 13.0. The van der Waals surface area contributed by atoms with E-state index in [1.165, 1.54) is 6.21 Å². The fourth-order valence-electron chi connectivity index (χ4n) is 1.90. The van der Waals surface area contributed by atoms with Crippen molar-refractivity contribution >= 4 is 29.6 Å². The highest BCUT2D eigenvalue weighted by atomic mass is 35.5. The van der Waals surface area contributed by atoms with Crippen molar-refractivity contribution in [3.05, 3.63) is 53.1 Å². The molecule has 0 fully saturated rings. The van der Waals surface area contributed by atoms with Crippen molar-refractivity contribution in [1.82, 2.24) is 5.43 Å². The minimum atomic E-state index is -0.601. The number of halogens is 1. The molecular formula is C18H18ClN3O5. The van der Waals surface area contributed by atoms with Crippen molar-refractivity contribution in [1.29, 1.82) is 0 Å². The highest BCUT2D eigenvalue weighted by molar-refractivity contribution is 6.32. The van der Waals surface area contributed by atoms with E-state index in [1.54, 1.807) is 49.6 Å². The molecule has 0 bridgehead atoms. The zero-order chi connectivity index (χ0) is 19.6. The Labute approximate surface area is 160 Å². The average molecular weight is 392 g/mol. The second kappa shape index (κ2) is 10.0. The molecule has 2 rings (SSSR count). The smallest absolute Gasteiger partial charge is 0.277 e. The number of carbonyl (C=O) groups excluding carboxylic acids is 2. The van der Waals surface area contributed by atoms with Crippen molar-refractivity contribution in [3.63, 3.8) is 0 Å². The van der Waals surface area contributed by atoms with Gasteiger partial charge in [-0.2, -0.15) is 5.10 Å². The Balaban J connectivity index is 1.80. The highest BCUT2D eigenvalue weighted by Crippen LogP contribution is 2.24. The molecule has 2 amide bonds. The predicted molar refractivity (Wildman–Crippen MR) is 100 cm³/mol. The van der Waals surface area contributed by atoms with Gasteiger partial charge in [0.1, 0.15) is 17.2 Å². The Morgan fingerprint density at radius 2 is 1.81 bits per heavy atom. The molecular weight excluding hydrogens is 374 g/mol. The molecule has 0 heterocycles. The van der Waals surface area contributed by atoms with Gasteiger partial charge in [0.2, 0.25) is 0 Å². The van der Waals surface area contributed by atoms with Crippen LogP contribution in [0, 0.1) is 0 Å². The molecule has 142 valence electrons. The summed E-state index contributed by atoms with van der Waals surface area (Å²) in [5, 5.41) is 4.11. The zero-order valence-electron chi connectivity index (χ0n) is 14.5. The molecule has 0 spiro atoms. The van der Waals surface area contributed by atoms with Gasteiger partial charge in [-0.15, -0.1) is 0 Å². The van der Waals surface area contributed by atoms with Gasteiger partial charge in [0, 0.05) is 0 Å². The third-order valence-electron chi connectivity index (χ3n) is 3.16. The number of primary amides is 1. The third kappa shape index (κ3) is 6.87. The third-order valence-corrected chi connectivity index (χ3v) is 3.45.